The topological polar surface area (TPSA) is 68.4 Å². The first kappa shape index (κ1) is 19.1. The summed E-state index contributed by atoms with van der Waals surface area (Å²) in [7, 11) is 0. The third-order valence-electron chi connectivity index (χ3n) is 4.47. The molecule has 0 saturated carbocycles. The Morgan fingerprint density at radius 2 is 1.90 bits per heavy atom. The predicted molar refractivity (Wildman–Crippen MR) is 112 cm³/mol. The number of hydrogen-bond acceptors (Lipinski definition) is 3. The highest BCUT2D eigenvalue weighted by Crippen LogP contribution is 2.20. The number of hydrogen-bond donors (Lipinski definition) is 1. The number of fused-ring (bicyclic) bond motifs is 1. The lowest BCUT2D eigenvalue weighted by Crippen LogP contribution is -2.28. The summed E-state index contributed by atoms with van der Waals surface area (Å²) in [5, 5.41) is 6.91. The summed E-state index contributed by atoms with van der Waals surface area (Å²) in [6.07, 6.45) is 3.10. The minimum absolute atomic E-state index is 0.0540. The largest absolute Gasteiger partial charge is 0.322 e. The van der Waals surface area contributed by atoms with Crippen molar-refractivity contribution in [3.63, 3.8) is 0 Å². The van der Waals surface area contributed by atoms with E-state index in [9.17, 15) is 14.0 Å². The van der Waals surface area contributed by atoms with Crippen LogP contribution in [0.4, 0.5) is 10.1 Å². The fourth-order valence-electron chi connectivity index (χ4n) is 2.95. The summed E-state index contributed by atoms with van der Waals surface area (Å²) in [6, 6.07) is 13.9. The Morgan fingerprint density at radius 3 is 2.62 bits per heavy atom. The summed E-state index contributed by atoms with van der Waals surface area (Å²) in [6.45, 7) is 1.76. The molecule has 0 radical (unpaired) electrons. The maximum absolute atomic E-state index is 13.9. The van der Waals surface area contributed by atoms with Gasteiger partial charge in [-0.05, 0) is 31.2 Å². The molecule has 2 aromatic heterocycles. The Bertz CT molecular complexity index is 1280. The van der Waals surface area contributed by atoms with Gasteiger partial charge in [-0.2, -0.15) is 5.10 Å². The second kappa shape index (κ2) is 7.63. The van der Waals surface area contributed by atoms with Crippen molar-refractivity contribution in [3.05, 3.63) is 87.1 Å². The Labute approximate surface area is 173 Å². The van der Waals surface area contributed by atoms with Gasteiger partial charge in [0.25, 0.3) is 5.56 Å². The van der Waals surface area contributed by atoms with Crippen molar-refractivity contribution in [2.45, 2.75) is 13.5 Å². The number of aromatic nitrogens is 3. The third kappa shape index (κ3) is 3.97. The van der Waals surface area contributed by atoms with Crippen molar-refractivity contribution in [3.8, 4) is 11.3 Å². The Morgan fingerprint density at radius 1 is 1.14 bits per heavy atom. The van der Waals surface area contributed by atoms with Crippen LogP contribution in [-0.4, -0.2) is 20.1 Å². The average molecular weight is 455 g/mol. The van der Waals surface area contributed by atoms with Gasteiger partial charge in [-0.15, -0.1) is 0 Å². The third-order valence-corrected chi connectivity index (χ3v) is 4.96. The van der Waals surface area contributed by atoms with E-state index >= 15 is 0 Å². The number of benzene rings is 2. The Kier molecular flexibility index (Phi) is 5.02. The number of halogens is 2. The summed E-state index contributed by atoms with van der Waals surface area (Å²) in [5.41, 5.74) is 2.75. The molecule has 2 heterocycles. The first-order chi connectivity index (χ1) is 13.9. The molecule has 0 spiro atoms. The predicted octanol–water partition coefficient (Wildman–Crippen LogP) is 4.01. The highest BCUT2D eigenvalue weighted by Gasteiger charge is 2.12. The summed E-state index contributed by atoms with van der Waals surface area (Å²) in [5.74, 6) is -1.06. The number of anilines is 1. The van der Waals surface area contributed by atoms with Crippen molar-refractivity contribution in [2.24, 2.45) is 0 Å². The van der Waals surface area contributed by atoms with E-state index in [1.807, 2.05) is 31.2 Å². The molecule has 4 rings (SSSR count). The van der Waals surface area contributed by atoms with Gasteiger partial charge in [0.1, 0.15) is 17.9 Å². The minimum atomic E-state index is -0.561. The van der Waals surface area contributed by atoms with Gasteiger partial charge in [-0.1, -0.05) is 45.8 Å². The molecule has 0 saturated heterocycles. The quantitative estimate of drug-likeness (QED) is 0.506. The molecule has 8 heteroatoms. The molecule has 0 bridgehead atoms. The molecule has 0 atom stereocenters. The number of nitrogens with one attached hydrogen (secondary N) is 1. The fourth-order valence-corrected chi connectivity index (χ4v) is 3.28. The molecule has 29 heavy (non-hydrogen) atoms. The van der Waals surface area contributed by atoms with E-state index in [-0.39, 0.29) is 17.8 Å². The maximum atomic E-state index is 13.9. The maximum Gasteiger partial charge on any atom is 0.277 e. The fraction of sp³-hybridized carbons (Fsp3) is 0.0952. The zero-order valence-electron chi connectivity index (χ0n) is 15.4. The number of carbonyl (C=O) groups excluding carboxylic acids is 1. The van der Waals surface area contributed by atoms with Crippen LogP contribution >= 0.6 is 15.9 Å². The van der Waals surface area contributed by atoms with E-state index in [4.69, 9.17) is 0 Å². The SMILES string of the molecule is Cc1ccc(-c2cc3c(=O)n(CC(=O)Nc4ccc(Br)cc4F)ccn3n2)cc1. The summed E-state index contributed by atoms with van der Waals surface area (Å²) in [4.78, 5) is 25.1. The number of amides is 1. The van der Waals surface area contributed by atoms with Gasteiger partial charge >= 0.3 is 0 Å². The zero-order valence-corrected chi connectivity index (χ0v) is 17.0. The van der Waals surface area contributed by atoms with E-state index in [0.717, 1.165) is 11.1 Å². The standard InChI is InChI=1S/C21H16BrFN4O2/c1-13-2-4-14(5-3-13)18-11-19-21(29)26(8-9-27(19)25-18)12-20(28)24-17-7-6-15(22)10-16(17)23/h2-11H,12H2,1H3,(H,24,28). The molecule has 1 amide bonds. The van der Waals surface area contributed by atoms with Gasteiger partial charge in [-0.25, -0.2) is 8.91 Å². The first-order valence-corrected chi connectivity index (χ1v) is 9.61. The molecule has 0 aliphatic rings. The van der Waals surface area contributed by atoms with Crippen LogP contribution in [0.2, 0.25) is 0 Å². The molecular formula is C21H16BrFN4O2. The van der Waals surface area contributed by atoms with Crippen LogP contribution in [0.5, 0.6) is 0 Å². The lowest BCUT2D eigenvalue weighted by Gasteiger charge is -2.08. The second-order valence-corrected chi connectivity index (χ2v) is 7.54. The molecule has 0 unspecified atom stereocenters. The van der Waals surface area contributed by atoms with E-state index in [2.05, 4.69) is 26.3 Å². The van der Waals surface area contributed by atoms with Gasteiger partial charge in [-0.3, -0.25) is 9.59 Å². The van der Waals surface area contributed by atoms with Crippen LogP contribution in [0.1, 0.15) is 5.56 Å². The van der Waals surface area contributed by atoms with Crippen molar-refractivity contribution in [2.75, 3.05) is 5.32 Å². The van der Waals surface area contributed by atoms with Gasteiger partial charge in [0.05, 0.1) is 11.4 Å². The lowest BCUT2D eigenvalue weighted by atomic mass is 10.1. The van der Waals surface area contributed by atoms with Crippen LogP contribution < -0.4 is 10.9 Å². The Balaban J connectivity index is 1.59. The molecule has 2 aromatic carbocycles. The molecule has 146 valence electrons. The minimum Gasteiger partial charge on any atom is -0.322 e. The van der Waals surface area contributed by atoms with Crippen molar-refractivity contribution < 1.29 is 9.18 Å². The van der Waals surface area contributed by atoms with Crippen LogP contribution in [0.3, 0.4) is 0 Å². The zero-order chi connectivity index (χ0) is 20.5. The first-order valence-electron chi connectivity index (χ1n) is 8.81. The van der Waals surface area contributed by atoms with Crippen LogP contribution in [0, 0.1) is 12.7 Å². The van der Waals surface area contributed by atoms with Gasteiger partial charge < -0.3 is 9.88 Å². The van der Waals surface area contributed by atoms with Crippen LogP contribution in [-0.2, 0) is 11.3 Å². The molecule has 0 aliphatic carbocycles. The molecule has 6 nitrogen and oxygen atoms in total. The summed E-state index contributed by atoms with van der Waals surface area (Å²) < 4.78 is 17.2. The van der Waals surface area contributed by atoms with Crippen molar-refractivity contribution in [1.29, 1.82) is 0 Å². The van der Waals surface area contributed by atoms with E-state index in [0.29, 0.717) is 15.7 Å². The average Bonchev–Trinajstić information content (AvgIpc) is 3.12. The molecule has 1 N–H and O–H groups in total. The molecular weight excluding hydrogens is 439 g/mol. The van der Waals surface area contributed by atoms with Crippen molar-refractivity contribution in [1.82, 2.24) is 14.2 Å². The number of rotatable bonds is 4. The van der Waals surface area contributed by atoms with Gasteiger partial charge in [0, 0.05) is 22.4 Å². The van der Waals surface area contributed by atoms with Crippen LogP contribution in [0.25, 0.3) is 16.8 Å². The monoisotopic (exact) mass is 454 g/mol. The van der Waals surface area contributed by atoms with Crippen LogP contribution in [0.15, 0.2) is 70.2 Å². The number of nitrogens with zero attached hydrogens (tertiary/aromatic N) is 3. The Hall–Kier alpha value is -3.26. The van der Waals surface area contributed by atoms with E-state index in [1.165, 1.54) is 27.4 Å². The van der Waals surface area contributed by atoms with Crippen molar-refractivity contribution >= 4 is 33.0 Å². The molecule has 4 aromatic rings. The number of aryl methyl sites for hydroxylation is 1. The normalized spacial score (nSPS) is 11.0. The highest BCUT2D eigenvalue weighted by atomic mass is 79.9. The van der Waals surface area contributed by atoms with Gasteiger partial charge in [0.15, 0.2) is 0 Å². The highest BCUT2D eigenvalue weighted by molar-refractivity contribution is 9.10. The van der Waals surface area contributed by atoms with Gasteiger partial charge in [0.2, 0.25) is 5.91 Å². The lowest BCUT2D eigenvalue weighted by molar-refractivity contribution is -0.116. The van der Waals surface area contributed by atoms with E-state index < -0.39 is 11.7 Å². The molecule has 0 fully saturated rings. The number of carbonyl (C=O) groups is 1. The second-order valence-electron chi connectivity index (χ2n) is 6.63. The summed E-state index contributed by atoms with van der Waals surface area (Å²) >= 11 is 3.16. The smallest absolute Gasteiger partial charge is 0.277 e. The van der Waals surface area contributed by atoms with E-state index in [1.54, 1.807) is 18.3 Å². The molecule has 0 aliphatic heterocycles.